The highest BCUT2D eigenvalue weighted by Gasteiger charge is 2.28. The van der Waals surface area contributed by atoms with Crippen LogP contribution in [0.3, 0.4) is 0 Å². The summed E-state index contributed by atoms with van der Waals surface area (Å²) < 4.78 is 14.2. The lowest BCUT2D eigenvalue weighted by Crippen LogP contribution is -2.52. The van der Waals surface area contributed by atoms with Crippen molar-refractivity contribution in [3.8, 4) is 0 Å². The van der Waals surface area contributed by atoms with Crippen LogP contribution < -0.4 is 14.7 Å². The highest BCUT2D eigenvalue weighted by atomic mass is 35.5. The van der Waals surface area contributed by atoms with Crippen LogP contribution in [0.1, 0.15) is 53.7 Å². The summed E-state index contributed by atoms with van der Waals surface area (Å²) >= 11 is 6.40. The molecule has 0 amide bonds. The maximum absolute atomic E-state index is 14.2. The SMILES string of the molecule is CC.CC1=C(F)C=CC(c2cc(N3CCN(c4ncccc4Cl)CC3C)nc(N(C)C(C)C)n2)=CC1. The molecule has 1 saturated heterocycles. The Hall–Kier alpha value is -2.93. The van der Waals surface area contributed by atoms with Crippen LogP contribution in [0.5, 0.6) is 0 Å². The Morgan fingerprint density at radius 3 is 2.58 bits per heavy atom. The Morgan fingerprint density at radius 2 is 1.92 bits per heavy atom. The lowest BCUT2D eigenvalue weighted by molar-refractivity contribution is 0.542. The van der Waals surface area contributed by atoms with E-state index in [0.29, 0.717) is 17.4 Å². The van der Waals surface area contributed by atoms with Gasteiger partial charge >= 0.3 is 0 Å². The van der Waals surface area contributed by atoms with E-state index in [2.05, 4.69) is 40.5 Å². The molecule has 0 N–H and O–H groups in total. The molecule has 2 aliphatic rings. The number of nitrogens with zero attached hydrogens (tertiary/aromatic N) is 6. The van der Waals surface area contributed by atoms with Gasteiger partial charge < -0.3 is 14.7 Å². The van der Waals surface area contributed by atoms with Gasteiger partial charge in [-0.2, -0.15) is 4.98 Å². The summed E-state index contributed by atoms with van der Waals surface area (Å²) in [5.74, 6) is 2.17. The smallest absolute Gasteiger partial charge is 0.227 e. The summed E-state index contributed by atoms with van der Waals surface area (Å²) in [4.78, 5) is 20.9. The fraction of sp³-hybridized carbons (Fsp3) is 0.464. The van der Waals surface area contributed by atoms with E-state index in [1.54, 1.807) is 6.20 Å². The van der Waals surface area contributed by atoms with Crippen LogP contribution in [0, 0.1) is 0 Å². The molecule has 1 atom stereocenters. The minimum absolute atomic E-state index is 0.182. The molecule has 0 spiro atoms. The maximum atomic E-state index is 14.2. The number of anilines is 3. The monoisotopic (exact) mass is 512 g/mol. The Morgan fingerprint density at radius 1 is 1.17 bits per heavy atom. The molecule has 1 unspecified atom stereocenters. The zero-order valence-corrected chi connectivity index (χ0v) is 23.2. The van der Waals surface area contributed by atoms with Crippen molar-refractivity contribution >= 4 is 34.8 Å². The van der Waals surface area contributed by atoms with Crippen molar-refractivity contribution in [3.05, 3.63) is 64.7 Å². The number of rotatable bonds is 5. The molecule has 8 heteroatoms. The first-order valence-corrected chi connectivity index (χ1v) is 13.1. The maximum Gasteiger partial charge on any atom is 0.227 e. The van der Waals surface area contributed by atoms with E-state index in [-0.39, 0.29) is 17.9 Å². The Labute approximate surface area is 220 Å². The molecular formula is C28H38ClFN6. The van der Waals surface area contributed by atoms with Gasteiger partial charge in [-0.1, -0.05) is 37.6 Å². The average molecular weight is 513 g/mol. The quantitative estimate of drug-likeness (QED) is 0.444. The molecule has 2 aromatic heterocycles. The van der Waals surface area contributed by atoms with Crippen molar-refractivity contribution in [2.75, 3.05) is 41.4 Å². The molecule has 0 saturated carbocycles. The van der Waals surface area contributed by atoms with Crippen molar-refractivity contribution < 1.29 is 4.39 Å². The Kier molecular flexibility index (Phi) is 9.49. The van der Waals surface area contributed by atoms with Gasteiger partial charge in [-0.05, 0) is 63.5 Å². The average Bonchev–Trinajstić information content (AvgIpc) is 3.05. The van der Waals surface area contributed by atoms with E-state index in [0.717, 1.165) is 48.1 Å². The minimum Gasteiger partial charge on any atom is -0.352 e. The molecule has 1 aliphatic carbocycles. The zero-order chi connectivity index (χ0) is 26.4. The molecule has 0 aromatic carbocycles. The third kappa shape index (κ3) is 6.25. The third-order valence-electron chi connectivity index (χ3n) is 6.49. The molecule has 3 heterocycles. The van der Waals surface area contributed by atoms with Crippen molar-refractivity contribution in [2.45, 2.75) is 60.0 Å². The largest absolute Gasteiger partial charge is 0.352 e. The number of aromatic nitrogens is 3. The molecule has 0 radical (unpaired) electrons. The van der Waals surface area contributed by atoms with Gasteiger partial charge in [-0.15, -0.1) is 0 Å². The summed E-state index contributed by atoms with van der Waals surface area (Å²) in [6.45, 7) is 14.6. The highest BCUT2D eigenvalue weighted by molar-refractivity contribution is 6.32. The van der Waals surface area contributed by atoms with Gasteiger partial charge in [0.15, 0.2) is 0 Å². The Balaban J connectivity index is 0.00000176. The molecule has 0 bridgehead atoms. The minimum atomic E-state index is -0.182. The van der Waals surface area contributed by atoms with Gasteiger partial charge in [0.05, 0.1) is 10.7 Å². The second-order valence-corrected chi connectivity index (χ2v) is 9.65. The normalized spacial score (nSPS) is 18.1. The van der Waals surface area contributed by atoms with Gasteiger partial charge in [0.2, 0.25) is 5.95 Å². The standard InChI is InChI=1S/C26H32ClFN6.C2H6/c1-17(2)32(5)26-30-23(20-9-8-18(3)22(28)11-10-20)15-24(31-26)34-14-13-33(16-19(34)4)25-21(27)7-6-12-29-25;1-2/h6-7,9-12,15,17,19H,8,13-14,16H2,1-5H3;1-2H3. The fourth-order valence-corrected chi connectivity index (χ4v) is 4.37. The summed E-state index contributed by atoms with van der Waals surface area (Å²) in [6.07, 6.45) is 7.70. The van der Waals surface area contributed by atoms with Gasteiger partial charge in [0.25, 0.3) is 0 Å². The number of piperazine rings is 1. The van der Waals surface area contributed by atoms with Crippen molar-refractivity contribution in [3.63, 3.8) is 0 Å². The van der Waals surface area contributed by atoms with E-state index in [1.165, 1.54) is 6.08 Å². The van der Waals surface area contributed by atoms with E-state index >= 15 is 0 Å². The third-order valence-corrected chi connectivity index (χ3v) is 6.79. The zero-order valence-electron chi connectivity index (χ0n) is 22.5. The molecule has 1 fully saturated rings. The molecule has 4 rings (SSSR count). The Bertz CT molecular complexity index is 1140. The van der Waals surface area contributed by atoms with E-state index in [1.807, 2.05) is 58.2 Å². The first-order chi connectivity index (χ1) is 17.2. The van der Waals surface area contributed by atoms with Crippen LogP contribution >= 0.6 is 11.6 Å². The predicted octanol–water partition coefficient (Wildman–Crippen LogP) is 6.70. The second-order valence-electron chi connectivity index (χ2n) is 9.24. The topological polar surface area (TPSA) is 48.4 Å². The molecule has 194 valence electrons. The molecule has 1 aliphatic heterocycles. The number of hydrogen-bond donors (Lipinski definition) is 0. The van der Waals surface area contributed by atoms with Crippen molar-refractivity contribution in [2.24, 2.45) is 0 Å². The van der Waals surface area contributed by atoms with Crippen LogP contribution in [0.4, 0.5) is 22.0 Å². The van der Waals surface area contributed by atoms with Crippen LogP contribution in [0.2, 0.25) is 5.02 Å². The molecule has 2 aromatic rings. The summed E-state index contributed by atoms with van der Waals surface area (Å²) in [6, 6.07) is 6.17. The summed E-state index contributed by atoms with van der Waals surface area (Å²) in [7, 11) is 2.00. The van der Waals surface area contributed by atoms with E-state index in [9.17, 15) is 4.39 Å². The molecule has 36 heavy (non-hydrogen) atoms. The predicted molar refractivity (Wildman–Crippen MR) is 151 cm³/mol. The first kappa shape index (κ1) is 27.7. The molecular weight excluding hydrogens is 475 g/mol. The lowest BCUT2D eigenvalue weighted by Gasteiger charge is -2.41. The van der Waals surface area contributed by atoms with Crippen LogP contribution in [-0.2, 0) is 0 Å². The van der Waals surface area contributed by atoms with E-state index < -0.39 is 0 Å². The second kappa shape index (κ2) is 12.3. The van der Waals surface area contributed by atoms with Crippen molar-refractivity contribution in [1.82, 2.24) is 15.0 Å². The van der Waals surface area contributed by atoms with Crippen LogP contribution in [0.25, 0.3) is 5.57 Å². The van der Waals surface area contributed by atoms with Gasteiger partial charge in [0, 0.05) is 51.0 Å². The van der Waals surface area contributed by atoms with Crippen LogP contribution in [0.15, 0.2) is 54.0 Å². The highest BCUT2D eigenvalue weighted by Crippen LogP contribution is 2.30. The first-order valence-electron chi connectivity index (χ1n) is 12.7. The lowest BCUT2D eigenvalue weighted by atomic mass is 10.1. The van der Waals surface area contributed by atoms with Gasteiger partial charge in [0.1, 0.15) is 17.5 Å². The van der Waals surface area contributed by atoms with Crippen LogP contribution in [-0.4, -0.2) is 53.7 Å². The van der Waals surface area contributed by atoms with Gasteiger partial charge in [-0.3, -0.25) is 0 Å². The van der Waals surface area contributed by atoms with Gasteiger partial charge in [-0.25, -0.2) is 14.4 Å². The molecule has 6 nitrogen and oxygen atoms in total. The fourth-order valence-electron chi connectivity index (χ4n) is 4.13. The summed E-state index contributed by atoms with van der Waals surface area (Å²) in [5, 5.41) is 0.663. The summed E-state index contributed by atoms with van der Waals surface area (Å²) in [5.41, 5.74) is 2.42. The number of allylic oxidation sites excluding steroid dienone is 6. The number of pyridine rings is 1. The number of halogens is 2. The number of hydrogen-bond acceptors (Lipinski definition) is 6. The van der Waals surface area contributed by atoms with Crippen molar-refractivity contribution in [1.29, 1.82) is 0 Å². The van der Waals surface area contributed by atoms with E-state index in [4.69, 9.17) is 21.6 Å².